The lowest BCUT2D eigenvalue weighted by atomic mass is 9.94. The van der Waals surface area contributed by atoms with Gasteiger partial charge in [-0.15, -0.1) is 0 Å². The summed E-state index contributed by atoms with van der Waals surface area (Å²) in [7, 11) is 1.65. The van der Waals surface area contributed by atoms with Gasteiger partial charge in [0, 0.05) is 23.4 Å². The zero-order valence-electron chi connectivity index (χ0n) is 18.4. The molecule has 168 valence electrons. The normalized spacial score (nSPS) is 18.3. The quantitative estimate of drug-likeness (QED) is 0.330. The van der Waals surface area contributed by atoms with E-state index in [0.717, 1.165) is 53.9 Å². The Labute approximate surface area is 203 Å². The average Bonchev–Trinajstić information content (AvgIpc) is 3.40. The van der Waals surface area contributed by atoms with Crippen LogP contribution in [0.15, 0.2) is 65.7 Å². The highest BCUT2D eigenvalue weighted by Crippen LogP contribution is 2.38. The number of rotatable bonds is 5. The number of ether oxygens (including phenoxy) is 1. The van der Waals surface area contributed by atoms with Gasteiger partial charge >= 0.3 is 0 Å². The molecule has 0 radical (unpaired) electrons. The van der Waals surface area contributed by atoms with Crippen LogP contribution >= 0.6 is 24.0 Å². The van der Waals surface area contributed by atoms with Crippen molar-refractivity contribution >= 4 is 40.3 Å². The fourth-order valence-corrected chi connectivity index (χ4v) is 5.85. The number of thioether (sulfide) groups is 1. The van der Waals surface area contributed by atoms with Crippen LogP contribution < -0.4 is 4.74 Å². The Kier molecular flexibility index (Phi) is 6.33. The molecule has 0 spiro atoms. The minimum absolute atomic E-state index is 0.0186. The number of para-hydroxylation sites is 1. The molecule has 1 amide bonds. The number of aromatic nitrogens is 2. The van der Waals surface area contributed by atoms with E-state index in [1.165, 1.54) is 18.2 Å². The average molecular weight is 476 g/mol. The largest absolute Gasteiger partial charge is 0.497 e. The molecule has 2 fully saturated rings. The van der Waals surface area contributed by atoms with Gasteiger partial charge in [0.25, 0.3) is 5.91 Å². The number of thiocarbonyl (C=S) groups is 1. The minimum atomic E-state index is 0.0186. The molecular formula is C26H25N3O2S2. The van der Waals surface area contributed by atoms with Crippen molar-refractivity contribution in [2.45, 2.75) is 38.1 Å². The summed E-state index contributed by atoms with van der Waals surface area (Å²) >= 11 is 7.02. The standard InChI is InChI=1S/C26H25N3O2S2/c1-31-22-14-12-18(13-15-22)24-19(17-28(27-24)20-8-4-2-5-9-20)16-23-25(30)29(26(32)33-23)21-10-6-3-7-11-21/h2,4-5,8-9,12-17,21H,3,6-7,10-11H2,1H3. The van der Waals surface area contributed by atoms with Crippen molar-refractivity contribution in [1.29, 1.82) is 0 Å². The van der Waals surface area contributed by atoms with Crippen LogP contribution in [0.3, 0.4) is 0 Å². The molecule has 1 saturated heterocycles. The number of methoxy groups -OCH3 is 1. The molecular weight excluding hydrogens is 450 g/mol. The van der Waals surface area contributed by atoms with E-state index < -0.39 is 0 Å². The number of hydrogen-bond donors (Lipinski definition) is 0. The maximum atomic E-state index is 13.3. The molecule has 3 aromatic rings. The van der Waals surface area contributed by atoms with Crippen molar-refractivity contribution in [3.8, 4) is 22.7 Å². The number of amides is 1. The summed E-state index contributed by atoms with van der Waals surface area (Å²) in [6.45, 7) is 0. The second-order valence-corrected chi connectivity index (χ2v) is 9.96. The third-order valence-corrected chi connectivity index (χ3v) is 7.51. The summed E-state index contributed by atoms with van der Waals surface area (Å²) in [4.78, 5) is 15.8. The first-order valence-electron chi connectivity index (χ1n) is 11.2. The van der Waals surface area contributed by atoms with Gasteiger partial charge in [-0.1, -0.05) is 61.4 Å². The zero-order chi connectivity index (χ0) is 22.8. The molecule has 1 aliphatic carbocycles. The Morgan fingerprint density at radius 1 is 1.06 bits per heavy atom. The predicted octanol–water partition coefficient (Wildman–Crippen LogP) is 6.08. The lowest BCUT2D eigenvalue weighted by molar-refractivity contribution is -0.124. The molecule has 7 heteroatoms. The summed E-state index contributed by atoms with van der Waals surface area (Å²) < 4.78 is 7.83. The van der Waals surface area contributed by atoms with E-state index in [1.807, 2.05) is 76.5 Å². The lowest BCUT2D eigenvalue weighted by Gasteiger charge is -2.29. The van der Waals surface area contributed by atoms with Gasteiger partial charge in [-0.2, -0.15) is 5.10 Å². The van der Waals surface area contributed by atoms with E-state index in [1.54, 1.807) is 7.11 Å². The van der Waals surface area contributed by atoms with Gasteiger partial charge in [-0.25, -0.2) is 4.68 Å². The Bertz CT molecular complexity index is 1200. The molecule has 1 saturated carbocycles. The maximum absolute atomic E-state index is 13.3. The molecule has 5 nitrogen and oxygen atoms in total. The predicted molar refractivity (Wildman–Crippen MR) is 137 cm³/mol. The van der Waals surface area contributed by atoms with Gasteiger partial charge in [0.05, 0.1) is 23.4 Å². The third kappa shape index (κ3) is 4.48. The van der Waals surface area contributed by atoms with Crippen molar-refractivity contribution in [3.05, 3.63) is 71.3 Å². The van der Waals surface area contributed by atoms with Gasteiger partial charge < -0.3 is 4.74 Å². The van der Waals surface area contributed by atoms with Crippen molar-refractivity contribution in [2.24, 2.45) is 0 Å². The molecule has 5 rings (SSSR count). The number of nitrogens with zero attached hydrogens (tertiary/aromatic N) is 3. The molecule has 0 N–H and O–H groups in total. The van der Waals surface area contributed by atoms with E-state index in [2.05, 4.69) is 0 Å². The number of hydrogen-bond acceptors (Lipinski definition) is 5. The van der Waals surface area contributed by atoms with Crippen LogP contribution in [-0.4, -0.2) is 38.1 Å². The highest BCUT2D eigenvalue weighted by atomic mass is 32.2. The van der Waals surface area contributed by atoms with E-state index in [0.29, 0.717) is 9.23 Å². The fraction of sp³-hybridized carbons (Fsp3) is 0.269. The molecule has 0 bridgehead atoms. The van der Waals surface area contributed by atoms with Gasteiger partial charge in [-0.3, -0.25) is 9.69 Å². The van der Waals surface area contributed by atoms with Crippen LogP contribution in [0.1, 0.15) is 37.7 Å². The Hall–Kier alpha value is -2.90. The Morgan fingerprint density at radius 3 is 2.48 bits per heavy atom. The Morgan fingerprint density at radius 2 is 1.79 bits per heavy atom. The van der Waals surface area contributed by atoms with Crippen LogP contribution in [0.5, 0.6) is 5.75 Å². The summed E-state index contributed by atoms with van der Waals surface area (Å²) in [6.07, 6.45) is 9.53. The molecule has 2 aromatic carbocycles. The first kappa shape index (κ1) is 21.9. The number of benzene rings is 2. The molecule has 2 aliphatic rings. The molecule has 0 atom stereocenters. The van der Waals surface area contributed by atoms with Gasteiger partial charge in [-0.05, 0) is 55.3 Å². The summed E-state index contributed by atoms with van der Waals surface area (Å²) in [5.41, 5.74) is 3.61. The van der Waals surface area contributed by atoms with Gasteiger partial charge in [0.2, 0.25) is 0 Å². The van der Waals surface area contributed by atoms with Crippen molar-refractivity contribution in [1.82, 2.24) is 14.7 Å². The molecule has 1 aromatic heterocycles. The maximum Gasteiger partial charge on any atom is 0.266 e. The molecule has 2 heterocycles. The highest BCUT2D eigenvalue weighted by Gasteiger charge is 2.37. The second-order valence-electron chi connectivity index (χ2n) is 8.29. The first-order valence-corrected chi connectivity index (χ1v) is 12.4. The van der Waals surface area contributed by atoms with Crippen LogP contribution in [0.2, 0.25) is 0 Å². The number of carbonyl (C=O) groups excluding carboxylic acids is 1. The van der Waals surface area contributed by atoms with E-state index in [-0.39, 0.29) is 11.9 Å². The van der Waals surface area contributed by atoms with Crippen LogP contribution in [0, 0.1) is 0 Å². The second kappa shape index (κ2) is 9.53. The fourth-order valence-electron chi connectivity index (χ4n) is 4.45. The number of carbonyl (C=O) groups is 1. The SMILES string of the molecule is COc1ccc(-c2nn(-c3ccccc3)cc2C=C2SC(=S)N(C3CCCCC3)C2=O)cc1. The summed E-state index contributed by atoms with van der Waals surface area (Å²) in [5, 5.41) is 4.87. The molecule has 1 aliphatic heterocycles. The minimum Gasteiger partial charge on any atom is -0.497 e. The lowest BCUT2D eigenvalue weighted by Crippen LogP contribution is -2.39. The monoisotopic (exact) mass is 475 g/mol. The highest BCUT2D eigenvalue weighted by molar-refractivity contribution is 8.26. The smallest absolute Gasteiger partial charge is 0.266 e. The zero-order valence-corrected chi connectivity index (χ0v) is 20.1. The van der Waals surface area contributed by atoms with Crippen molar-refractivity contribution < 1.29 is 9.53 Å². The van der Waals surface area contributed by atoms with E-state index in [4.69, 9.17) is 22.1 Å². The van der Waals surface area contributed by atoms with Crippen LogP contribution in [-0.2, 0) is 4.79 Å². The topological polar surface area (TPSA) is 47.4 Å². The summed E-state index contributed by atoms with van der Waals surface area (Å²) in [5.74, 6) is 0.807. The van der Waals surface area contributed by atoms with Crippen LogP contribution in [0.4, 0.5) is 0 Å². The van der Waals surface area contributed by atoms with E-state index >= 15 is 0 Å². The van der Waals surface area contributed by atoms with E-state index in [9.17, 15) is 4.79 Å². The van der Waals surface area contributed by atoms with Gasteiger partial charge in [0.1, 0.15) is 10.1 Å². The Balaban J connectivity index is 1.53. The molecule has 0 unspecified atom stereocenters. The van der Waals surface area contributed by atoms with Crippen molar-refractivity contribution in [3.63, 3.8) is 0 Å². The van der Waals surface area contributed by atoms with Crippen molar-refractivity contribution in [2.75, 3.05) is 7.11 Å². The third-order valence-electron chi connectivity index (χ3n) is 6.18. The van der Waals surface area contributed by atoms with Crippen LogP contribution in [0.25, 0.3) is 23.0 Å². The molecule has 33 heavy (non-hydrogen) atoms. The first-order chi connectivity index (χ1) is 16.1. The summed E-state index contributed by atoms with van der Waals surface area (Å²) in [6, 6.07) is 18.0. The van der Waals surface area contributed by atoms with Gasteiger partial charge in [0.15, 0.2) is 0 Å².